The Balaban J connectivity index is 1.99. The molecule has 2 N–H and O–H groups in total. The van der Waals surface area contributed by atoms with Crippen molar-refractivity contribution in [1.29, 1.82) is 0 Å². The Morgan fingerprint density at radius 1 is 1.26 bits per heavy atom. The SMILES string of the molecule is COc1ccc(COC2(CN)CCCCC2)cc1F. The third-order valence-corrected chi connectivity index (χ3v) is 3.90. The fourth-order valence-corrected chi connectivity index (χ4v) is 2.64. The van der Waals surface area contributed by atoms with Crippen LogP contribution in [0.4, 0.5) is 4.39 Å². The van der Waals surface area contributed by atoms with E-state index in [-0.39, 0.29) is 17.2 Å². The highest BCUT2D eigenvalue weighted by molar-refractivity contribution is 5.28. The Morgan fingerprint density at radius 3 is 2.58 bits per heavy atom. The summed E-state index contributed by atoms with van der Waals surface area (Å²) in [6, 6.07) is 4.92. The summed E-state index contributed by atoms with van der Waals surface area (Å²) in [6.45, 7) is 0.934. The maximum Gasteiger partial charge on any atom is 0.165 e. The predicted molar refractivity (Wildman–Crippen MR) is 72.6 cm³/mol. The average Bonchev–Trinajstić information content (AvgIpc) is 2.46. The lowest BCUT2D eigenvalue weighted by Gasteiger charge is -2.36. The highest BCUT2D eigenvalue weighted by atomic mass is 19.1. The first-order chi connectivity index (χ1) is 9.19. The van der Waals surface area contributed by atoms with E-state index in [0.29, 0.717) is 13.2 Å². The molecule has 0 heterocycles. The van der Waals surface area contributed by atoms with Crippen LogP contribution in [0.1, 0.15) is 37.7 Å². The number of benzene rings is 1. The second-order valence-electron chi connectivity index (χ2n) is 5.21. The Hall–Kier alpha value is -1.13. The first kappa shape index (κ1) is 14.3. The summed E-state index contributed by atoms with van der Waals surface area (Å²) < 4.78 is 24.5. The summed E-state index contributed by atoms with van der Waals surface area (Å²) in [7, 11) is 1.46. The zero-order chi connectivity index (χ0) is 13.7. The van der Waals surface area contributed by atoms with E-state index in [0.717, 1.165) is 31.2 Å². The van der Waals surface area contributed by atoms with Gasteiger partial charge in [-0.05, 0) is 30.5 Å². The molecular weight excluding hydrogens is 245 g/mol. The van der Waals surface area contributed by atoms with E-state index in [1.807, 2.05) is 6.07 Å². The van der Waals surface area contributed by atoms with E-state index in [1.54, 1.807) is 6.07 Å². The molecule has 1 aromatic rings. The van der Waals surface area contributed by atoms with Gasteiger partial charge in [0.1, 0.15) is 0 Å². The van der Waals surface area contributed by atoms with Crippen LogP contribution in [0.2, 0.25) is 0 Å². The van der Waals surface area contributed by atoms with Gasteiger partial charge in [0.05, 0.1) is 19.3 Å². The van der Waals surface area contributed by atoms with Crippen molar-refractivity contribution in [3.8, 4) is 5.75 Å². The largest absolute Gasteiger partial charge is 0.494 e. The molecule has 1 aliphatic rings. The van der Waals surface area contributed by atoms with Gasteiger partial charge in [-0.1, -0.05) is 25.3 Å². The molecule has 0 aliphatic heterocycles. The van der Waals surface area contributed by atoms with Gasteiger partial charge in [-0.15, -0.1) is 0 Å². The van der Waals surface area contributed by atoms with Crippen LogP contribution < -0.4 is 10.5 Å². The molecule has 1 fully saturated rings. The minimum Gasteiger partial charge on any atom is -0.494 e. The van der Waals surface area contributed by atoms with Gasteiger partial charge in [0.2, 0.25) is 0 Å². The molecule has 0 radical (unpaired) electrons. The predicted octanol–water partition coefficient (Wildman–Crippen LogP) is 3.01. The number of rotatable bonds is 5. The molecule has 1 aliphatic carbocycles. The summed E-state index contributed by atoms with van der Waals surface area (Å²) in [5, 5.41) is 0. The van der Waals surface area contributed by atoms with Gasteiger partial charge in [-0.2, -0.15) is 0 Å². The molecule has 0 unspecified atom stereocenters. The molecule has 0 aromatic heterocycles. The van der Waals surface area contributed by atoms with Crippen LogP contribution in [0.25, 0.3) is 0 Å². The molecule has 0 saturated heterocycles. The molecule has 3 nitrogen and oxygen atoms in total. The maximum atomic E-state index is 13.6. The molecule has 0 atom stereocenters. The molecule has 19 heavy (non-hydrogen) atoms. The van der Waals surface area contributed by atoms with Crippen molar-refractivity contribution in [3.63, 3.8) is 0 Å². The van der Waals surface area contributed by atoms with Crippen LogP contribution in [-0.2, 0) is 11.3 Å². The van der Waals surface area contributed by atoms with Crippen molar-refractivity contribution in [2.45, 2.75) is 44.3 Å². The molecule has 0 spiro atoms. The van der Waals surface area contributed by atoms with Gasteiger partial charge in [0, 0.05) is 6.54 Å². The van der Waals surface area contributed by atoms with Crippen molar-refractivity contribution in [2.75, 3.05) is 13.7 Å². The highest BCUT2D eigenvalue weighted by Crippen LogP contribution is 2.31. The third kappa shape index (κ3) is 3.45. The Morgan fingerprint density at radius 2 is 2.00 bits per heavy atom. The lowest BCUT2D eigenvalue weighted by atomic mass is 9.84. The van der Waals surface area contributed by atoms with Crippen LogP contribution in [0.3, 0.4) is 0 Å². The minimum atomic E-state index is -0.353. The lowest BCUT2D eigenvalue weighted by molar-refractivity contribution is -0.0734. The number of methoxy groups -OCH3 is 1. The molecule has 0 bridgehead atoms. The standard InChI is InChI=1S/C15H22FNO2/c1-18-14-6-5-12(9-13(14)16)10-19-15(11-17)7-3-2-4-8-15/h5-6,9H,2-4,7-8,10-11,17H2,1H3. The van der Waals surface area contributed by atoms with Crippen molar-refractivity contribution in [3.05, 3.63) is 29.6 Å². The van der Waals surface area contributed by atoms with Gasteiger partial charge in [-0.3, -0.25) is 0 Å². The van der Waals surface area contributed by atoms with Gasteiger partial charge in [0.25, 0.3) is 0 Å². The third-order valence-electron chi connectivity index (χ3n) is 3.90. The minimum absolute atomic E-state index is 0.214. The smallest absolute Gasteiger partial charge is 0.165 e. The quantitative estimate of drug-likeness (QED) is 0.892. The normalized spacial score (nSPS) is 18.3. The zero-order valence-corrected chi connectivity index (χ0v) is 11.5. The molecule has 1 aromatic carbocycles. The summed E-state index contributed by atoms with van der Waals surface area (Å²) in [4.78, 5) is 0. The Labute approximate surface area is 113 Å². The van der Waals surface area contributed by atoms with E-state index in [1.165, 1.54) is 19.6 Å². The molecule has 1 saturated carbocycles. The number of ether oxygens (including phenoxy) is 2. The highest BCUT2D eigenvalue weighted by Gasteiger charge is 2.31. The molecule has 106 valence electrons. The maximum absolute atomic E-state index is 13.6. The summed E-state index contributed by atoms with van der Waals surface area (Å²) in [5.74, 6) is -0.0935. The second-order valence-corrected chi connectivity index (χ2v) is 5.21. The molecular formula is C15H22FNO2. The lowest BCUT2D eigenvalue weighted by Crippen LogP contribution is -2.42. The van der Waals surface area contributed by atoms with Gasteiger partial charge < -0.3 is 15.2 Å². The van der Waals surface area contributed by atoms with Crippen molar-refractivity contribution in [2.24, 2.45) is 5.73 Å². The van der Waals surface area contributed by atoms with E-state index in [2.05, 4.69) is 0 Å². The second kappa shape index (κ2) is 6.35. The number of nitrogens with two attached hydrogens (primary N) is 1. The van der Waals surface area contributed by atoms with Crippen molar-refractivity contribution in [1.82, 2.24) is 0 Å². The number of hydrogen-bond donors (Lipinski definition) is 1. The summed E-state index contributed by atoms with van der Waals surface area (Å²) in [6.07, 6.45) is 5.58. The van der Waals surface area contributed by atoms with E-state index in [4.69, 9.17) is 15.2 Å². The van der Waals surface area contributed by atoms with Crippen molar-refractivity contribution >= 4 is 0 Å². The average molecular weight is 267 g/mol. The van der Waals surface area contributed by atoms with E-state index in [9.17, 15) is 4.39 Å². The molecule has 4 heteroatoms. The van der Waals surface area contributed by atoms with E-state index >= 15 is 0 Å². The Bertz CT molecular complexity index is 417. The number of halogens is 1. The van der Waals surface area contributed by atoms with Crippen LogP contribution in [0, 0.1) is 5.82 Å². The Kier molecular flexibility index (Phi) is 4.77. The summed E-state index contributed by atoms with van der Waals surface area (Å²) >= 11 is 0. The summed E-state index contributed by atoms with van der Waals surface area (Å²) in [5.41, 5.74) is 6.46. The molecule has 2 rings (SSSR count). The van der Waals surface area contributed by atoms with Gasteiger partial charge >= 0.3 is 0 Å². The van der Waals surface area contributed by atoms with Crippen LogP contribution >= 0.6 is 0 Å². The van der Waals surface area contributed by atoms with Crippen LogP contribution in [0.5, 0.6) is 5.75 Å². The fraction of sp³-hybridized carbons (Fsp3) is 0.600. The zero-order valence-electron chi connectivity index (χ0n) is 11.5. The van der Waals surface area contributed by atoms with Crippen LogP contribution in [-0.4, -0.2) is 19.3 Å². The van der Waals surface area contributed by atoms with E-state index < -0.39 is 0 Å². The van der Waals surface area contributed by atoms with Gasteiger partial charge in [0.15, 0.2) is 11.6 Å². The topological polar surface area (TPSA) is 44.5 Å². The number of hydrogen-bond acceptors (Lipinski definition) is 3. The van der Waals surface area contributed by atoms with Crippen LogP contribution in [0.15, 0.2) is 18.2 Å². The van der Waals surface area contributed by atoms with Gasteiger partial charge in [-0.25, -0.2) is 4.39 Å². The molecule has 0 amide bonds. The van der Waals surface area contributed by atoms with Crippen molar-refractivity contribution < 1.29 is 13.9 Å². The first-order valence-electron chi connectivity index (χ1n) is 6.85. The monoisotopic (exact) mass is 267 g/mol. The first-order valence-corrected chi connectivity index (χ1v) is 6.85. The fourth-order valence-electron chi connectivity index (χ4n) is 2.64.